The summed E-state index contributed by atoms with van der Waals surface area (Å²) >= 11 is 7.86. The fourth-order valence-corrected chi connectivity index (χ4v) is 6.41. The summed E-state index contributed by atoms with van der Waals surface area (Å²) in [5, 5.41) is 3.35. The lowest BCUT2D eigenvalue weighted by molar-refractivity contribution is 0.297. The Morgan fingerprint density at radius 3 is 2.70 bits per heavy atom. The van der Waals surface area contributed by atoms with E-state index in [4.69, 9.17) is 21.1 Å². The van der Waals surface area contributed by atoms with Crippen LogP contribution in [0, 0.1) is 0 Å². The molecule has 0 N–H and O–H groups in total. The van der Waals surface area contributed by atoms with Gasteiger partial charge in [-0.1, -0.05) is 24.4 Å². The second kappa shape index (κ2) is 7.97. The Hall–Kier alpha value is -1.31. The van der Waals surface area contributed by atoms with Gasteiger partial charge in [0.05, 0.1) is 40.4 Å². The third-order valence-corrected chi connectivity index (χ3v) is 7.74. The van der Waals surface area contributed by atoms with Crippen LogP contribution in [-0.2, 0) is 21.3 Å². The number of sulfone groups is 1. The van der Waals surface area contributed by atoms with Crippen molar-refractivity contribution >= 4 is 32.8 Å². The monoisotopic (exact) mass is 427 g/mol. The van der Waals surface area contributed by atoms with E-state index in [1.54, 1.807) is 23.5 Å². The number of ether oxygens (including phenoxy) is 2. The molecule has 0 saturated heterocycles. The Kier molecular flexibility index (Phi) is 5.62. The molecule has 0 atom stereocenters. The van der Waals surface area contributed by atoms with E-state index in [9.17, 15) is 8.42 Å². The van der Waals surface area contributed by atoms with Gasteiger partial charge in [-0.15, -0.1) is 11.3 Å². The quantitative estimate of drug-likeness (QED) is 0.690. The van der Waals surface area contributed by atoms with E-state index in [0.29, 0.717) is 46.9 Å². The van der Waals surface area contributed by atoms with Gasteiger partial charge in [-0.25, -0.2) is 13.4 Å². The minimum absolute atomic E-state index is 0.0533. The molecule has 1 aliphatic heterocycles. The standard InChI is InChI=1S/C19H22ClNO4S2/c20-16-8-13(9-17-18(16)25-7-3-6-24-17)11-27(22,23)12-15-10-26-19(21-15)14-4-1-2-5-14/h8-10,14H,1-7,11-12H2. The van der Waals surface area contributed by atoms with Crippen LogP contribution in [0.4, 0.5) is 0 Å². The predicted octanol–water partition coefficient (Wildman–Crippen LogP) is 4.73. The Morgan fingerprint density at radius 2 is 1.89 bits per heavy atom. The molecule has 1 aliphatic carbocycles. The Labute approximate surface area is 168 Å². The first-order valence-electron chi connectivity index (χ1n) is 9.23. The van der Waals surface area contributed by atoms with Gasteiger partial charge in [0, 0.05) is 17.7 Å². The fourth-order valence-electron chi connectivity index (χ4n) is 3.65. The number of hydrogen-bond acceptors (Lipinski definition) is 6. The molecular formula is C19H22ClNO4S2. The normalized spacial score (nSPS) is 17.8. The molecule has 5 nitrogen and oxygen atoms in total. The number of aromatic nitrogens is 1. The molecule has 1 aromatic heterocycles. The Morgan fingerprint density at radius 1 is 1.11 bits per heavy atom. The van der Waals surface area contributed by atoms with E-state index in [-0.39, 0.29) is 11.5 Å². The number of hydrogen-bond donors (Lipinski definition) is 0. The second-order valence-corrected chi connectivity index (χ2v) is 10.5. The lowest BCUT2D eigenvalue weighted by Crippen LogP contribution is -2.08. The molecule has 1 saturated carbocycles. The van der Waals surface area contributed by atoms with Crippen LogP contribution < -0.4 is 9.47 Å². The van der Waals surface area contributed by atoms with Crippen molar-refractivity contribution in [3.63, 3.8) is 0 Å². The van der Waals surface area contributed by atoms with Crippen molar-refractivity contribution in [2.24, 2.45) is 0 Å². The number of benzene rings is 1. The van der Waals surface area contributed by atoms with Gasteiger partial charge in [-0.3, -0.25) is 0 Å². The van der Waals surface area contributed by atoms with Crippen molar-refractivity contribution in [2.75, 3.05) is 13.2 Å². The summed E-state index contributed by atoms with van der Waals surface area (Å²) in [6.45, 7) is 1.07. The summed E-state index contributed by atoms with van der Waals surface area (Å²) in [6, 6.07) is 3.37. The summed E-state index contributed by atoms with van der Waals surface area (Å²) in [5.41, 5.74) is 1.25. The van der Waals surface area contributed by atoms with Gasteiger partial charge >= 0.3 is 0 Å². The Bertz CT molecular complexity index is 920. The molecule has 1 aromatic carbocycles. The van der Waals surface area contributed by atoms with E-state index in [0.717, 1.165) is 24.3 Å². The molecule has 0 radical (unpaired) electrons. The summed E-state index contributed by atoms with van der Waals surface area (Å²) < 4.78 is 36.6. The predicted molar refractivity (Wildman–Crippen MR) is 107 cm³/mol. The third-order valence-electron chi connectivity index (χ3n) is 4.89. The van der Waals surface area contributed by atoms with Gasteiger partial charge in [0.15, 0.2) is 21.3 Å². The maximum atomic E-state index is 12.7. The third kappa shape index (κ3) is 4.58. The van der Waals surface area contributed by atoms with Crippen LogP contribution >= 0.6 is 22.9 Å². The molecule has 4 rings (SSSR count). The van der Waals surface area contributed by atoms with Gasteiger partial charge < -0.3 is 9.47 Å². The molecule has 1 fully saturated rings. The van der Waals surface area contributed by atoms with Crippen LogP contribution in [0.1, 0.15) is 54.3 Å². The highest BCUT2D eigenvalue weighted by Gasteiger charge is 2.23. The van der Waals surface area contributed by atoms with Gasteiger partial charge in [0.1, 0.15) is 0 Å². The zero-order valence-corrected chi connectivity index (χ0v) is 17.3. The van der Waals surface area contributed by atoms with Crippen LogP contribution in [0.25, 0.3) is 0 Å². The van der Waals surface area contributed by atoms with E-state index in [1.807, 2.05) is 5.38 Å². The smallest absolute Gasteiger partial charge is 0.179 e. The number of nitrogens with zero attached hydrogens (tertiary/aromatic N) is 1. The summed E-state index contributed by atoms with van der Waals surface area (Å²) in [6.07, 6.45) is 5.57. The van der Waals surface area contributed by atoms with Gasteiger partial charge in [-0.05, 0) is 30.5 Å². The molecular weight excluding hydrogens is 406 g/mol. The summed E-state index contributed by atoms with van der Waals surface area (Å²) in [5.74, 6) is 1.37. The first kappa shape index (κ1) is 19.0. The van der Waals surface area contributed by atoms with Crippen molar-refractivity contribution in [1.29, 1.82) is 0 Å². The molecule has 0 amide bonds. The van der Waals surface area contributed by atoms with Crippen molar-refractivity contribution in [2.45, 2.75) is 49.5 Å². The van der Waals surface area contributed by atoms with Gasteiger partial charge in [0.25, 0.3) is 0 Å². The first-order chi connectivity index (χ1) is 13.0. The van der Waals surface area contributed by atoms with Crippen molar-refractivity contribution in [3.05, 3.63) is 38.8 Å². The van der Waals surface area contributed by atoms with E-state index < -0.39 is 9.84 Å². The molecule has 146 valence electrons. The van der Waals surface area contributed by atoms with E-state index in [1.165, 1.54) is 12.8 Å². The van der Waals surface area contributed by atoms with Gasteiger partial charge in [0.2, 0.25) is 0 Å². The molecule has 2 heterocycles. The number of thiazole rings is 1. The average Bonchev–Trinajstić information content (AvgIpc) is 3.22. The number of rotatable bonds is 5. The van der Waals surface area contributed by atoms with Crippen molar-refractivity contribution in [3.8, 4) is 11.5 Å². The lowest BCUT2D eigenvalue weighted by Gasteiger charge is -2.11. The van der Waals surface area contributed by atoms with Crippen molar-refractivity contribution in [1.82, 2.24) is 4.98 Å². The summed E-state index contributed by atoms with van der Waals surface area (Å²) in [4.78, 5) is 4.59. The molecule has 0 unspecified atom stereocenters. The van der Waals surface area contributed by atoms with Crippen LogP contribution in [0.5, 0.6) is 11.5 Å². The lowest BCUT2D eigenvalue weighted by atomic mass is 10.1. The number of halogens is 1. The maximum absolute atomic E-state index is 12.7. The largest absolute Gasteiger partial charge is 0.489 e. The van der Waals surface area contributed by atoms with Crippen LogP contribution in [-0.4, -0.2) is 26.6 Å². The molecule has 2 aromatic rings. The highest BCUT2D eigenvalue weighted by molar-refractivity contribution is 7.89. The molecule has 2 aliphatic rings. The zero-order chi connectivity index (χ0) is 18.9. The van der Waals surface area contributed by atoms with Crippen LogP contribution in [0.2, 0.25) is 5.02 Å². The molecule has 0 spiro atoms. The molecule has 8 heteroatoms. The van der Waals surface area contributed by atoms with Crippen LogP contribution in [0.15, 0.2) is 17.5 Å². The SMILES string of the molecule is O=S(=O)(Cc1cc(Cl)c2c(c1)OCCCO2)Cc1csc(C2CCCC2)n1. The highest BCUT2D eigenvalue weighted by atomic mass is 35.5. The average molecular weight is 428 g/mol. The minimum Gasteiger partial charge on any atom is -0.489 e. The van der Waals surface area contributed by atoms with Gasteiger partial charge in [-0.2, -0.15) is 0 Å². The maximum Gasteiger partial charge on any atom is 0.179 e. The molecule has 0 bridgehead atoms. The highest BCUT2D eigenvalue weighted by Crippen LogP contribution is 2.39. The second-order valence-electron chi connectivity index (χ2n) is 7.15. The van der Waals surface area contributed by atoms with Crippen LogP contribution in [0.3, 0.4) is 0 Å². The van der Waals surface area contributed by atoms with E-state index >= 15 is 0 Å². The minimum atomic E-state index is -3.36. The Balaban J connectivity index is 1.48. The summed E-state index contributed by atoms with van der Waals surface area (Å²) in [7, 11) is -3.36. The van der Waals surface area contributed by atoms with Crippen molar-refractivity contribution < 1.29 is 17.9 Å². The topological polar surface area (TPSA) is 65.5 Å². The van der Waals surface area contributed by atoms with E-state index in [2.05, 4.69) is 4.98 Å². The number of fused-ring (bicyclic) bond motifs is 1. The first-order valence-corrected chi connectivity index (χ1v) is 12.3. The fraction of sp³-hybridized carbons (Fsp3) is 0.526. The molecule has 27 heavy (non-hydrogen) atoms. The zero-order valence-electron chi connectivity index (χ0n) is 14.9.